The Balaban J connectivity index is 2.03. The van der Waals surface area contributed by atoms with E-state index in [0.29, 0.717) is 17.1 Å². The number of anilines is 1. The first-order valence-corrected chi connectivity index (χ1v) is 7.51. The zero-order chi connectivity index (χ0) is 14.4. The van der Waals surface area contributed by atoms with Crippen LogP contribution in [0.5, 0.6) is 5.88 Å². The van der Waals surface area contributed by atoms with Gasteiger partial charge < -0.3 is 10.1 Å². The third kappa shape index (κ3) is 3.74. The molecule has 2 rings (SSSR count). The number of nitrogens with zero attached hydrogens (tertiary/aromatic N) is 1. The van der Waals surface area contributed by atoms with Crippen molar-refractivity contribution in [3.8, 4) is 5.88 Å². The Labute approximate surface area is 122 Å². The minimum absolute atomic E-state index is 0.146. The molecule has 5 heteroatoms. The van der Waals surface area contributed by atoms with Gasteiger partial charge in [-0.1, -0.05) is 12.1 Å². The number of carbonyl (C=O) groups is 1. The average molecular weight is 288 g/mol. The van der Waals surface area contributed by atoms with Gasteiger partial charge in [0.15, 0.2) is 0 Å². The van der Waals surface area contributed by atoms with Crippen LogP contribution >= 0.6 is 11.8 Å². The lowest BCUT2D eigenvalue weighted by Gasteiger charge is -2.06. The highest BCUT2D eigenvalue weighted by Gasteiger charge is 2.06. The van der Waals surface area contributed by atoms with Gasteiger partial charge in [0.05, 0.1) is 19.0 Å². The maximum Gasteiger partial charge on any atom is 0.255 e. The molecule has 4 nitrogen and oxygen atoms in total. The molecule has 0 saturated carbocycles. The summed E-state index contributed by atoms with van der Waals surface area (Å²) < 4.78 is 4.97. The summed E-state index contributed by atoms with van der Waals surface area (Å²) in [6, 6.07) is 11.1. The largest absolute Gasteiger partial charge is 0.481 e. The first kappa shape index (κ1) is 14.4. The molecule has 1 aromatic heterocycles. The number of hydrogen-bond acceptors (Lipinski definition) is 4. The predicted octanol–water partition coefficient (Wildman–Crippen LogP) is 3.21. The number of methoxy groups -OCH3 is 1. The number of aromatic nitrogens is 1. The molecular formula is C15H16N2O2S. The van der Waals surface area contributed by atoms with E-state index in [9.17, 15) is 4.79 Å². The fourth-order valence-corrected chi connectivity index (χ4v) is 2.22. The van der Waals surface area contributed by atoms with Crippen molar-refractivity contribution < 1.29 is 9.53 Å². The second-order valence-electron chi connectivity index (χ2n) is 4.17. The lowest BCUT2D eigenvalue weighted by atomic mass is 10.1. The molecule has 0 aliphatic rings. The number of benzene rings is 1. The molecule has 0 radical (unpaired) electrons. The van der Waals surface area contributed by atoms with Gasteiger partial charge in [0.1, 0.15) is 0 Å². The number of rotatable bonds is 5. The molecule has 0 atom stereocenters. The highest BCUT2D eigenvalue weighted by molar-refractivity contribution is 7.97. The van der Waals surface area contributed by atoms with Crippen LogP contribution < -0.4 is 10.1 Å². The molecule has 0 spiro atoms. The Kier molecular flexibility index (Phi) is 5.01. The average Bonchev–Trinajstić information content (AvgIpc) is 2.49. The predicted molar refractivity (Wildman–Crippen MR) is 82.4 cm³/mol. The molecule has 0 aliphatic carbocycles. The van der Waals surface area contributed by atoms with Crippen LogP contribution in [0.25, 0.3) is 0 Å². The van der Waals surface area contributed by atoms with E-state index < -0.39 is 0 Å². The molecule has 20 heavy (non-hydrogen) atoms. The molecular weight excluding hydrogens is 272 g/mol. The van der Waals surface area contributed by atoms with Gasteiger partial charge in [0, 0.05) is 17.4 Å². The molecule has 1 N–H and O–H groups in total. The molecule has 0 saturated heterocycles. The standard InChI is InChI=1S/C15H16N2O2S/c1-19-14-8-7-13(9-16-14)17-15(18)12-5-3-11(4-6-12)10-20-2/h3-9H,10H2,1-2H3,(H,17,18). The van der Waals surface area contributed by atoms with Crippen LogP contribution in [0.2, 0.25) is 0 Å². The molecule has 0 bridgehead atoms. The van der Waals surface area contributed by atoms with E-state index in [1.807, 2.05) is 24.3 Å². The third-order valence-corrected chi connectivity index (χ3v) is 3.35. The normalized spacial score (nSPS) is 10.1. The van der Waals surface area contributed by atoms with Crippen LogP contribution in [-0.4, -0.2) is 24.3 Å². The molecule has 0 aliphatic heterocycles. The number of carbonyl (C=O) groups excluding carboxylic acids is 1. The first-order chi connectivity index (χ1) is 9.72. The smallest absolute Gasteiger partial charge is 0.255 e. The molecule has 104 valence electrons. The summed E-state index contributed by atoms with van der Waals surface area (Å²) in [5.74, 6) is 1.32. The Bertz CT molecular complexity index is 567. The number of amides is 1. The van der Waals surface area contributed by atoms with Gasteiger partial charge in [0.25, 0.3) is 5.91 Å². The summed E-state index contributed by atoms with van der Waals surface area (Å²) in [6.07, 6.45) is 3.62. The van der Waals surface area contributed by atoms with Gasteiger partial charge in [-0.2, -0.15) is 11.8 Å². The third-order valence-electron chi connectivity index (χ3n) is 2.73. The number of hydrogen-bond donors (Lipinski definition) is 1. The zero-order valence-electron chi connectivity index (χ0n) is 11.4. The van der Waals surface area contributed by atoms with Gasteiger partial charge >= 0.3 is 0 Å². The van der Waals surface area contributed by atoms with E-state index in [1.165, 1.54) is 5.56 Å². The lowest BCUT2D eigenvalue weighted by Crippen LogP contribution is -2.12. The SMILES string of the molecule is COc1ccc(NC(=O)c2ccc(CSC)cc2)cn1. The second kappa shape index (κ2) is 6.96. The van der Waals surface area contributed by atoms with Gasteiger partial charge in [0.2, 0.25) is 5.88 Å². The monoisotopic (exact) mass is 288 g/mol. The van der Waals surface area contributed by atoms with Crippen LogP contribution in [0.3, 0.4) is 0 Å². The van der Waals surface area contributed by atoms with E-state index in [4.69, 9.17) is 4.74 Å². The van der Waals surface area contributed by atoms with Crippen molar-refractivity contribution in [2.75, 3.05) is 18.7 Å². The van der Waals surface area contributed by atoms with Crippen molar-refractivity contribution in [3.05, 3.63) is 53.7 Å². The zero-order valence-corrected chi connectivity index (χ0v) is 12.2. The van der Waals surface area contributed by atoms with Crippen molar-refractivity contribution >= 4 is 23.4 Å². The van der Waals surface area contributed by atoms with Crippen LogP contribution in [0.4, 0.5) is 5.69 Å². The van der Waals surface area contributed by atoms with Crippen molar-refractivity contribution in [2.24, 2.45) is 0 Å². The highest BCUT2D eigenvalue weighted by atomic mass is 32.2. The van der Waals surface area contributed by atoms with E-state index in [0.717, 1.165) is 5.75 Å². The maximum absolute atomic E-state index is 12.1. The highest BCUT2D eigenvalue weighted by Crippen LogP contribution is 2.14. The molecule has 1 aromatic carbocycles. The van der Waals surface area contributed by atoms with Gasteiger partial charge in [-0.3, -0.25) is 4.79 Å². The van der Waals surface area contributed by atoms with Crippen LogP contribution in [0.15, 0.2) is 42.6 Å². The Morgan fingerprint density at radius 2 is 2.00 bits per heavy atom. The van der Waals surface area contributed by atoms with Crippen molar-refractivity contribution in [2.45, 2.75) is 5.75 Å². The summed E-state index contributed by atoms with van der Waals surface area (Å²) >= 11 is 1.75. The molecule has 0 fully saturated rings. The van der Waals surface area contributed by atoms with Gasteiger partial charge in [-0.15, -0.1) is 0 Å². The van der Waals surface area contributed by atoms with Crippen molar-refractivity contribution in [1.29, 1.82) is 0 Å². The number of pyridine rings is 1. The van der Waals surface area contributed by atoms with Gasteiger partial charge in [-0.25, -0.2) is 4.98 Å². The Morgan fingerprint density at radius 1 is 1.25 bits per heavy atom. The molecule has 1 heterocycles. The van der Waals surface area contributed by atoms with Crippen molar-refractivity contribution in [3.63, 3.8) is 0 Å². The number of nitrogens with one attached hydrogen (secondary N) is 1. The van der Waals surface area contributed by atoms with E-state index in [2.05, 4.69) is 16.6 Å². The number of ether oxygens (including phenoxy) is 1. The topological polar surface area (TPSA) is 51.2 Å². The van der Waals surface area contributed by atoms with Crippen LogP contribution in [-0.2, 0) is 5.75 Å². The minimum Gasteiger partial charge on any atom is -0.481 e. The van der Waals surface area contributed by atoms with E-state index in [1.54, 1.807) is 37.2 Å². The molecule has 0 unspecified atom stereocenters. The quantitative estimate of drug-likeness (QED) is 0.918. The summed E-state index contributed by atoms with van der Waals surface area (Å²) in [4.78, 5) is 16.1. The summed E-state index contributed by atoms with van der Waals surface area (Å²) in [5, 5.41) is 2.80. The van der Waals surface area contributed by atoms with E-state index in [-0.39, 0.29) is 5.91 Å². The fraction of sp³-hybridized carbons (Fsp3) is 0.200. The van der Waals surface area contributed by atoms with Gasteiger partial charge in [-0.05, 0) is 30.0 Å². The summed E-state index contributed by atoms with van der Waals surface area (Å²) in [7, 11) is 1.55. The number of thioether (sulfide) groups is 1. The fourth-order valence-electron chi connectivity index (χ4n) is 1.70. The summed E-state index contributed by atoms with van der Waals surface area (Å²) in [6.45, 7) is 0. The van der Waals surface area contributed by atoms with E-state index >= 15 is 0 Å². The minimum atomic E-state index is -0.146. The summed E-state index contributed by atoms with van der Waals surface area (Å²) in [5.41, 5.74) is 2.48. The second-order valence-corrected chi connectivity index (χ2v) is 5.04. The van der Waals surface area contributed by atoms with Crippen LogP contribution in [0, 0.1) is 0 Å². The lowest BCUT2D eigenvalue weighted by molar-refractivity contribution is 0.102. The van der Waals surface area contributed by atoms with Crippen molar-refractivity contribution in [1.82, 2.24) is 4.98 Å². The van der Waals surface area contributed by atoms with Crippen LogP contribution in [0.1, 0.15) is 15.9 Å². The molecule has 1 amide bonds. The first-order valence-electron chi connectivity index (χ1n) is 6.12. The Hall–Kier alpha value is -2.01. The maximum atomic E-state index is 12.1. The molecule has 2 aromatic rings. The Morgan fingerprint density at radius 3 is 2.55 bits per heavy atom.